The first kappa shape index (κ1) is 21.3. The quantitative estimate of drug-likeness (QED) is 0.579. The summed E-state index contributed by atoms with van der Waals surface area (Å²) in [6.45, 7) is 6.11. The van der Waals surface area contributed by atoms with Crippen LogP contribution in [0.1, 0.15) is 62.2 Å². The van der Waals surface area contributed by atoms with Gasteiger partial charge in [-0.05, 0) is 98.7 Å². The maximum Gasteiger partial charge on any atom is 0.255 e. The fourth-order valence-corrected chi connectivity index (χ4v) is 5.33. The van der Waals surface area contributed by atoms with Gasteiger partial charge in [-0.15, -0.1) is 0 Å². The lowest BCUT2D eigenvalue weighted by molar-refractivity contribution is 0.102. The summed E-state index contributed by atoms with van der Waals surface area (Å²) in [5.74, 6) is 0.668. The van der Waals surface area contributed by atoms with Crippen molar-refractivity contribution in [3.63, 3.8) is 0 Å². The topological polar surface area (TPSA) is 67.6 Å². The molecule has 1 atom stereocenters. The van der Waals surface area contributed by atoms with Crippen LogP contribution in [0.3, 0.4) is 0 Å². The van der Waals surface area contributed by atoms with Gasteiger partial charge < -0.3 is 20.7 Å². The van der Waals surface area contributed by atoms with Gasteiger partial charge in [-0.25, -0.2) is 0 Å². The lowest BCUT2D eigenvalue weighted by Crippen LogP contribution is -2.35. The van der Waals surface area contributed by atoms with Gasteiger partial charge in [-0.2, -0.15) is 0 Å². The Labute approximate surface area is 191 Å². The van der Waals surface area contributed by atoms with Crippen molar-refractivity contribution < 1.29 is 9.53 Å². The molecule has 0 aromatic heterocycles. The Hall–Kier alpha value is -2.53. The van der Waals surface area contributed by atoms with E-state index in [9.17, 15) is 4.79 Å². The number of benzene rings is 2. The van der Waals surface area contributed by atoms with Gasteiger partial charge in [0.2, 0.25) is 0 Å². The largest absolute Gasteiger partial charge is 0.490 e. The van der Waals surface area contributed by atoms with Crippen LogP contribution in [0.5, 0.6) is 5.75 Å². The summed E-state index contributed by atoms with van der Waals surface area (Å²) in [5, 5.41) is 2.87. The predicted octanol–water partition coefficient (Wildman–Crippen LogP) is 5.33. The second kappa shape index (κ2) is 8.43. The molecule has 1 unspecified atom stereocenters. The molecular weight excluding hydrogens is 398 g/mol. The van der Waals surface area contributed by atoms with Crippen LogP contribution in [0, 0.1) is 10.8 Å². The van der Waals surface area contributed by atoms with Crippen molar-refractivity contribution in [2.45, 2.75) is 58.0 Å². The molecule has 0 bridgehead atoms. The van der Waals surface area contributed by atoms with Crippen molar-refractivity contribution in [1.82, 2.24) is 4.90 Å². The van der Waals surface area contributed by atoms with Crippen LogP contribution in [-0.4, -0.2) is 36.5 Å². The summed E-state index contributed by atoms with van der Waals surface area (Å²) in [7, 11) is 0. The zero-order chi connectivity index (χ0) is 22.2. The Morgan fingerprint density at radius 3 is 2.50 bits per heavy atom. The number of nitrogen functional groups attached to an aromatic ring is 1. The highest BCUT2D eigenvalue weighted by atomic mass is 16.5. The fourth-order valence-electron chi connectivity index (χ4n) is 5.33. The lowest BCUT2D eigenvalue weighted by atomic mass is 9.87. The highest BCUT2D eigenvalue weighted by Gasteiger charge is 2.62. The number of amides is 1. The first-order chi connectivity index (χ1) is 15.5. The minimum absolute atomic E-state index is 0.169. The molecule has 1 aliphatic heterocycles. The van der Waals surface area contributed by atoms with Gasteiger partial charge in [0.1, 0.15) is 5.75 Å². The summed E-state index contributed by atoms with van der Waals surface area (Å²) in [5.41, 5.74) is 8.95. The molecular formula is C27H35N3O2. The Morgan fingerprint density at radius 1 is 1.06 bits per heavy atom. The van der Waals surface area contributed by atoms with Crippen molar-refractivity contribution in [2.75, 3.05) is 30.7 Å². The summed E-state index contributed by atoms with van der Waals surface area (Å²) in [4.78, 5) is 15.2. The van der Waals surface area contributed by atoms with Crippen LogP contribution >= 0.6 is 0 Å². The fraction of sp³-hybridized carbons (Fsp3) is 0.519. The van der Waals surface area contributed by atoms with Gasteiger partial charge >= 0.3 is 0 Å². The van der Waals surface area contributed by atoms with Crippen molar-refractivity contribution in [3.05, 3.63) is 54.1 Å². The number of anilines is 2. The molecule has 1 heterocycles. The van der Waals surface area contributed by atoms with Gasteiger partial charge in [-0.3, -0.25) is 4.79 Å². The van der Waals surface area contributed by atoms with E-state index >= 15 is 0 Å². The molecule has 2 aliphatic carbocycles. The summed E-state index contributed by atoms with van der Waals surface area (Å²) < 4.78 is 6.30. The number of carbonyl (C=O) groups excluding carboxylic acids is 1. The van der Waals surface area contributed by atoms with Crippen molar-refractivity contribution >= 4 is 17.3 Å². The summed E-state index contributed by atoms with van der Waals surface area (Å²) in [6.07, 6.45) is 9.32. The van der Waals surface area contributed by atoms with E-state index in [1.54, 1.807) is 12.1 Å². The first-order valence-corrected chi connectivity index (χ1v) is 12.1. The van der Waals surface area contributed by atoms with Crippen LogP contribution < -0.4 is 15.8 Å². The summed E-state index contributed by atoms with van der Waals surface area (Å²) in [6, 6.07) is 14.7. The third kappa shape index (κ3) is 4.49. The third-order valence-corrected chi connectivity index (χ3v) is 8.06. The maximum absolute atomic E-state index is 12.5. The highest BCUT2D eigenvalue weighted by Crippen LogP contribution is 2.70. The Balaban J connectivity index is 1.13. The van der Waals surface area contributed by atoms with Crippen LogP contribution in [0.2, 0.25) is 0 Å². The number of hydrogen-bond donors (Lipinski definition) is 2. The Morgan fingerprint density at radius 2 is 1.81 bits per heavy atom. The van der Waals surface area contributed by atoms with Crippen molar-refractivity contribution in [2.24, 2.45) is 10.8 Å². The van der Waals surface area contributed by atoms with E-state index in [-0.39, 0.29) is 12.0 Å². The van der Waals surface area contributed by atoms with Gasteiger partial charge in [0.05, 0.1) is 17.5 Å². The van der Waals surface area contributed by atoms with E-state index in [1.807, 2.05) is 36.4 Å². The minimum atomic E-state index is -0.169. The molecule has 3 fully saturated rings. The molecule has 3 aliphatic rings. The summed E-state index contributed by atoms with van der Waals surface area (Å²) >= 11 is 0. The van der Waals surface area contributed by atoms with Gasteiger partial charge in [-0.1, -0.05) is 19.1 Å². The smallest absolute Gasteiger partial charge is 0.255 e. The van der Waals surface area contributed by atoms with Crippen molar-refractivity contribution in [1.29, 1.82) is 0 Å². The SMILES string of the molecule is CC1(C2(CN3CCCC(Oc4ccc(C(=O)Nc5ccccc5N)cc4)CC3)CC2)CC1. The standard InChI is InChI=1S/C27H35N3O2/c1-26(13-14-26)27(15-16-27)19-30-17-4-5-21(12-18-30)32-22-10-8-20(9-11-22)25(31)29-24-7-3-2-6-23(24)28/h2-3,6-11,21H,4-5,12-19,28H2,1H3,(H,29,31). The molecule has 2 aromatic carbocycles. The molecule has 170 valence electrons. The molecule has 5 rings (SSSR count). The molecule has 5 nitrogen and oxygen atoms in total. The molecule has 2 saturated carbocycles. The zero-order valence-electron chi connectivity index (χ0n) is 19.1. The van der Waals surface area contributed by atoms with Crippen LogP contribution in [-0.2, 0) is 0 Å². The molecule has 0 spiro atoms. The maximum atomic E-state index is 12.5. The predicted molar refractivity (Wildman–Crippen MR) is 129 cm³/mol. The number of likely N-dealkylation sites (tertiary alicyclic amines) is 1. The molecule has 32 heavy (non-hydrogen) atoms. The third-order valence-electron chi connectivity index (χ3n) is 8.06. The van der Waals surface area contributed by atoms with E-state index in [2.05, 4.69) is 17.1 Å². The second-order valence-corrected chi connectivity index (χ2v) is 10.4. The van der Waals surface area contributed by atoms with Crippen LogP contribution in [0.25, 0.3) is 0 Å². The number of carbonyl (C=O) groups is 1. The molecule has 1 amide bonds. The van der Waals surface area contributed by atoms with E-state index < -0.39 is 0 Å². The van der Waals surface area contributed by atoms with E-state index in [4.69, 9.17) is 10.5 Å². The number of ether oxygens (including phenoxy) is 1. The zero-order valence-corrected chi connectivity index (χ0v) is 19.1. The Kier molecular flexibility index (Phi) is 5.62. The number of nitrogens with one attached hydrogen (secondary N) is 1. The number of nitrogens with zero attached hydrogens (tertiary/aromatic N) is 1. The molecule has 0 radical (unpaired) electrons. The number of para-hydroxylation sites is 2. The molecule has 5 heteroatoms. The average molecular weight is 434 g/mol. The van der Waals surface area contributed by atoms with Crippen LogP contribution in [0.15, 0.2) is 48.5 Å². The number of hydrogen-bond acceptors (Lipinski definition) is 4. The van der Waals surface area contributed by atoms with Gasteiger partial charge in [0.25, 0.3) is 5.91 Å². The van der Waals surface area contributed by atoms with E-state index in [1.165, 1.54) is 45.2 Å². The Bertz CT molecular complexity index is 963. The molecule has 1 saturated heterocycles. The highest BCUT2D eigenvalue weighted by molar-refractivity contribution is 6.05. The second-order valence-electron chi connectivity index (χ2n) is 10.4. The monoisotopic (exact) mass is 433 g/mol. The minimum Gasteiger partial charge on any atom is -0.490 e. The molecule has 3 N–H and O–H groups in total. The number of nitrogens with two attached hydrogens (primary N) is 1. The van der Waals surface area contributed by atoms with Gasteiger partial charge in [0.15, 0.2) is 0 Å². The van der Waals surface area contributed by atoms with Gasteiger partial charge in [0, 0.05) is 18.7 Å². The van der Waals surface area contributed by atoms with E-state index in [0.29, 0.717) is 27.8 Å². The normalized spacial score (nSPS) is 23.7. The van der Waals surface area contributed by atoms with Crippen molar-refractivity contribution in [3.8, 4) is 5.75 Å². The first-order valence-electron chi connectivity index (χ1n) is 12.1. The van der Waals surface area contributed by atoms with E-state index in [0.717, 1.165) is 25.1 Å². The lowest BCUT2D eigenvalue weighted by Gasteiger charge is -2.30. The average Bonchev–Trinajstić information content (AvgIpc) is 3.70. The molecule has 2 aromatic rings. The van der Waals surface area contributed by atoms with Crippen LogP contribution in [0.4, 0.5) is 11.4 Å². The number of rotatable bonds is 7.